The van der Waals surface area contributed by atoms with E-state index in [1.54, 1.807) is 6.92 Å². The number of aryl methyl sites for hydroxylation is 2. The van der Waals surface area contributed by atoms with Crippen LogP contribution in [-0.2, 0) is 4.79 Å². The number of aliphatic hydroxyl groups is 1. The first-order chi connectivity index (χ1) is 11.2. The van der Waals surface area contributed by atoms with Crippen LogP contribution in [-0.4, -0.2) is 65.2 Å². The second kappa shape index (κ2) is 7.53. The van der Waals surface area contributed by atoms with Crippen molar-refractivity contribution in [2.75, 3.05) is 32.8 Å². The number of carbonyl (C=O) groups excluding carboxylic acids is 1. The zero-order valence-electron chi connectivity index (χ0n) is 15.5. The van der Waals surface area contributed by atoms with Crippen molar-refractivity contribution < 1.29 is 14.6 Å². The van der Waals surface area contributed by atoms with Gasteiger partial charge in [0.1, 0.15) is 18.5 Å². The summed E-state index contributed by atoms with van der Waals surface area (Å²) < 4.78 is 5.78. The summed E-state index contributed by atoms with van der Waals surface area (Å²) in [7, 11) is 0. The van der Waals surface area contributed by atoms with Crippen molar-refractivity contribution in [2.45, 2.75) is 46.3 Å². The number of rotatable bonds is 5. The van der Waals surface area contributed by atoms with E-state index in [1.165, 1.54) is 5.56 Å². The number of aliphatic hydroxyl groups excluding tert-OH is 1. The summed E-state index contributed by atoms with van der Waals surface area (Å²) in [4.78, 5) is 15.7. The predicted octanol–water partition coefficient (Wildman–Crippen LogP) is 1.99. The standard InChI is InChI=1S/C19H30N2O3/c1-14-6-7-18(15(2)10-14)24-12-17(23)11-21-9-8-20(16(3)22)13-19(21,4)5/h6-7,10,17,23H,8-9,11-13H2,1-5H3. The molecule has 1 fully saturated rings. The van der Waals surface area contributed by atoms with Crippen molar-refractivity contribution in [1.29, 1.82) is 0 Å². The Bertz CT molecular complexity index is 586. The molecule has 1 aliphatic heterocycles. The van der Waals surface area contributed by atoms with Gasteiger partial charge < -0.3 is 14.7 Å². The van der Waals surface area contributed by atoms with Crippen LogP contribution in [0.15, 0.2) is 18.2 Å². The molecule has 1 heterocycles. The molecule has 24 heavy (non-hydrogen) atoms. The smallest absolute Gasteiger partial charge is 0.219 e. The zero-order chi connectivity index (χ0) is 17.9. The van der Waals surface area contributed by atoms with E-state index in [9.17, 15) is 9.90 Å². The largest absolute Gasteiger partial charge is 0.491 e. The average Bonchev–Trinajstić information content (AvgIpc) is 2.48. The third-order valence-corrected chi connectivity index (χ3v) is 4.71. The van der Waals surface area contributed by atoms with Crippen molar-refractivity contribution in [1.82, 2.24) is 9.80 Å². The molecule has 2 rings (SSSR count). The first kappa shape index (κ1) is 18.7. The number of hydrogen-bond donors (Lipinski definition) is 1. The summed E-state index contributed by atoms with van der Waals surface area (Å²) in [6.07, 6.45) is -0.561. The highest BCUT2D eigenvalue weighted by molar-refractivity contribution is 5.73. The Morgan fingerprint density at radius 1 is 1.33 bits per heavy atom. The Morgan fingerprint density at radius 3 is 2.62 bits per heavy atom. The highest BCUT2D eigenvalue weighted by atomic mass is 16.5. The maximum absolute atomic E-state index is 11.6. The van der Waals surface area contributed by atoms with Crippen molar-refractivity contribution in [3.05, 3.63) is 29.3 Å². The van der Waals surface area contributed by atoms with Gasteiger partial charge in [0.2, 0.25) is 5.91 Å². The van der Waals surface area contributed by atoms with Crippen LogP contribution in [0.5, 0.6) is 5.75 Å². The van der Waals surface area contributed by atoms with Crippen LogP contribution < -0.4 is 4.74 Å². The van der Waals surface area contributed by atoms with E-state index in [1.807, 2.05) is 30.9 Å². The summed E-state index contributed by atoms with van der Waals surface area (Å²) in [6, 6.07) is 6.04. The van der Waals surface area contributed by atoms with Crippen molar-refractivity contribution >= 4 is 5.91 Å². The van der Waals surface area contributed by atoms with Crippen LogP contribution in [0.2, 0.25) is 0 Å². The van der Waals surface area contributed by atoms with Gasteiger partial charge in [-0.25, -0.2) is 0 Å². The second-order valence-electron chi connectivity index (χ2n) is 7.43. The zero-order valence-corrected chi connectivity index (χ0v) is 15.5. The fourth-order valence-electron chi connectivity index (χ4n) is 3.25. The molecule has 0 radical (unpaired) electrons. The van der Waals surface area contributed by atoms with Crippen LogP contribution in [0.3, 0.4) is 0 Å². The molecule has 1 atom stereocenters. The lowest BCUT2D eigenvalue weighted by molar-refractivity contribution is -0.134. The van der Waals surface area contributed by atoms with E-state index < -0.39 is 6.10 Å². The quantitative estimate of drug-likeness (QED) is 0.895. The van der Waals surface area contributed by atoms with Gasteiger partial charge in [-0.2, -0.15) is 0 Å². The lowest BCUT2D eigenvalue weighted by Gasteiger charge is -2.47. The van der Waals surface area contributed by atoms with Crippen LogP contribution >= 0.6 is 0 Å². The van der Waals surface area contributed by atoms with Gasteiger partial charge in [-0.15, -0.1) is 0 Å². The molecule has 0 aromatic heterocycles. The topological polar surface area (TPSA) is 53.0 Å². The van der Waals surface area contributed by atoms with Gasteiger partial charge >= 0.3 is 0 Å². The van der Waals surface area contributed by atoms with E-state index in [0.29, 0.717) is 19.6 Å². The Hall–Kier alpha value is -1.59. The van der Waals surface area contributed by atoms with E-state index in [-0.39, 0.29) is 18.1 Å². The molecule has 0 bridgehead atoms. The number of nitrogens with zero attached hydrogens (tertiary/aromatic N) is 2. The first-order valence-electron chi connectivity index (χ1n) is 8.58. The molecule has 1 N–H and O–H groups in total. The highest BCUT2D eigenvalue weighted by Gasteiger charge is 2.35. The Morgan fingerprint density at radius 2 is 2.04 bits per heavy atom. The third-order valence-electron chi connectivity index (χ3n) is 4.71. The minimum Gasteiger partial charge on any atom is -0.491 e. The maximum Gasteiger partial charge on any atom is 0.219 e. The lowest BCUT2D eigenvalue weighted by Crippen LogP contribution is -2.61. The molecule has 5 nitrogen and oxygen atoms in total. The monoisotopic (exact) mass is 334 g/mol. The summed E-state index contributed by atoms with van der Waals surface area (Å²) in [5, 5.41) is 10.4. The molecule has 1 aromatic rings. The van der Waals surface area contributed by atoms with E-state index in [0.717, 1.165) is 17.9 Å². The summed E-state index contributed by atoms with van der Waals surface area (Å²) in [5.74, 6) is 0.932. The Labute approximate surface area is 145 Å². The van der Waals surface area contributed by atoms with Crippen molar-refractivity contribution in [3.63, 3.8) is 0 Å². The van der Waals surface area contributed by atoms with E-state index >= 15 is 0 Å². The maximum atomic E-state index is 11.6. The number of β-amino-alcohol motifs (C(OH)–C–C–N with tert-alkyl or cyclic N) is 1. The van der Waals surface area contributed by atoms with Crippen LogP contribution in [0.1, 0.15) is 31.9 Å². The third kappa shape index (κ3) is 4.71. The van der Waals surface area contributed by atoms with E-state index in [2.05, 4.69) is 24.8 Å². The molecule has 1 saturated heterocycles. The van der Waals surface area contributed by atoms with Crippen LogP contribution in [0.4, 0.5) is 0 Å². The molecule has 1 aromatic carbocycles. The van der Waals surface area contributed by atoms with Gasteiger partial charge in [-0.1, -0.05) is 17.7 Å². The van der Waals surface area contributed by atoms with Crippen molar-refractivity contribution in [2.24, 2.45) is 0 Å². The average molecular weight is 334 g/mol. The normalized spacial score (nSPS) is 19.2. The number of amides is 1. The molecule has 0 aliphatic carbocycles. The molecule has 0 spiro atoms. The Balaban J connectivity index is 1.88. The molecular weight excluding hydrogens is 304 g/mol. The molecule has 1 aliphatic rings. The van der Waals surface area contributed by atoms with Gasteiger partial charge in [0, 0.05) is 38.6 Å². The first-order valence-corrected chi connectivity index (χ1v) is 8.58. The van der Waals surface area contributed by atoms with Gasteiger partial charge in [0.05, 0.1) is 0 Å². The molecule has 1 amide bonds. The lowest BCUT2D eigenvalue weighted by atomic mass is 9.98. The number of benzene rings is 1. The number of carbonyl (C=O) groups is 1. The minimum atomic E-state index is -0.561. The molecule has 134 valence electrons. The minimum absolute atomic E-state index is 0.112. The summed E-state index contributed by atoms with van der Waals surface area (Å²) in [5.41, 5.74) is 2.13. The van der Waals surface area contributed by atoms with Crippen molar-refractivity contribution in [3.8, 4) is 5.75 Å². The van der Waals surface area contributed by atoms with E-state index in [4.69, 9.17) is 4.74 Å². The number of ether oxygens (including phenoxy) is 1. The number of piperazine rings is 1. The van der Waals surface area contributed by atoms with Gasteiger partial charge in [-0.3, -0.25) is 9.69 Å². The van der Waals surface area contributed by atoms with Gasteiger partial charge in [0.15, 0.2) is 0 Å². The summed E-state index contributed by atoms with van der Waals surface area (Å²) >= 11 is 0. The molecule has 5 heteroatoms. The summed E-state index contributed by atoms with van der Waals surface area (Å²) in [6.45, 7) is 12.9. The molecule has 0 saturated carbocycles. The number of hydrogen-bond acceptors (Lipinski definition) is 4. The predicted molar refractivity (Wildman–Crippen MR) is 95.3 cm³/mol. The SMILES string of the molecule is CC(=O)N1CCN(CC(O)COc2ccc(C)cc2C)C(C)(C)C1. The fourth-order valence-corrected chi connectivity index (χ4v) is 3.25. The van der Waals surface area contributed by atoms with Gasteiger partial charge in [0.25, 0.3) is 0 Å². The molecule has 1 unspecified atom stereocenters. The van der Waals surface area contributed by atoms with Crippen LogP contribution in [0, 0.1) is 13.8 Å². The fraction of sp³-hybridized carbons (Fsp3) is 0.632. The second-order valence-corrected chi connectivity index (χ2v) is 7.43. The molecular formula is C19H30N2O3. The highest BCUT2D eigenvalue weighted by Crippen LogP contribution is 2.22. The Kier molecular flexibility index (Phi) is 5.88. The van der Waals surface area contributed by atoms with Crippen LogP contribution in [0.25, 0.3) is 0 Å². The van der Waals surface area contributed by atoms with Gasteiger partial charge in [-0.05, 0) is 39.3 Å².